The minimum atomic E-state index is -0.528. The van der Waals surface area contributed by atoms with Gasteiger partial charge in [0.25, 0.3) is 0 Å². The normalized spacial score (nSPS) is 11.0. The van der Waals surface area contributed by atoms with Gasteiger partial charge in [0.2, 0.25) is 0 Å². The van der Waals surface area contributed by atoms with Crippen LogP contribution in [-0.2, 0) is 9.53 Å². The van der Waals surface area contributed by atoms with Crippen molar-refractivity contribution >= 4 is 17.6 Å². The van der Waals surface area contributed by atoms with Crippen molar-refractivity contribution in [3.63, 3.8) is 0 Å². The number of hydrogen-bond donors (Lipinski definition) is 1. The summed E-state index contributed by atoms with van der Waals surface area (Å²) in [5.74, 6) is -0.804. The van der Waals surface area contributed by atoms with Crippen molar-refractivity contribution in [1.82, 2.24) is 0 Å². The van der Waals surface area contributed by atoms with Crippen LogP contribution >= 0.6 is 11.6 Å². The zero-order valence-electron chi connectivity index (χ0n) is 11.7. The smallest absolute Gasteiger partial charge is 0.305 e. The molecule has 1 aromatic carbocycles. The molecular weight excluding hydrogens is 283 g/mol. The zero-order valence-corrected chi connectivity index (χ0v) is 12.5. The number of allylic oxidation sites excluding steroid dienone is 1. The van der Waals surface area contributed by atoms with Crippen molar-refractivity contribution in [2.75, 3.05) is 0 Å². The Morgan fingerprint density at radius 1 is 1.55 bits per heavy atom. The van der Waals surface area contributed by atoms with E-state index in [1.165, 1.54) is 6.07 Å². The van der Waals surface area contributed by atoms with Gasteiger partial charge in [-0.1, -0.05) is 24.6 Å². The lowest BCUT2D eigenvalue weighted by Gasteiger charge is -2.10. The second kappa shape index (κ2) is 10.3. The molecule has 1 N–H and O–H groups in total. The number of carbonyl (C=O) groups excluding carboxylic acids is 1. The molecule has 0 fully saturated rings. The van der Waals surface area contributed by atoms with Crippen LogP contribution in [-0.4, -0.2) is 17.2 Å². The van der Waals surface area contributed by atoms with E-state index in [-0.39, 0.29) is 22.8 Å². The van der Waals surface area contributed by atoms with Crippen LogP contribution in [0.15, 0.2) is 30.9 Å². The van der Waals surface area contributed by atoms with Gasteiger partial charge in [0.1, 0.15) is 11.6 Å². The maximum absolute atomic E-state index is 12.2. The van der Waals surface area contributed by atoms with E-state index in [2.05, 4.69) is 6.58 Å². The lowest BCUT2D eigenvalue weighted by atomic mass is 10.2. The van der Waals surface area contributed by atoms with Crippen molar-refractivity contribution in [2.24, 2.45) is 0 Å². The van der Waals surface area contributed by atoms with E-state index in [0.717, 1.165) is 25.0 Å². The summed E-state index contributed by atoms with van der Waals surface area (Å²) in [7, 11) is 0. The lowest BCUT2D eigenvalue weighted by Crippen LogP contribution is -2.13. The van der Waals surface area contributed by atoms with Gasteiger partial charge in [-0.3, -0.25) is 4.79 Å². The third-order valence-corrected chi connectivity index (χ3v) is 2.46. The van der Waals surface area contributed by atoms with Crippen molar-refractivity contribution < 1.29 is 19.0 Å². The molecule has 0 saturated heterocycles. The fourth-order valence-corrected chi connectivity index (χ4v) is 1.47. The Hall–Kier alpha value is -1.55. The number of aromatic hydroxyl groups is 1. The molecule has 0 aromatic heterocycles. The van der Waals surface area contributed by atoms with Crippen LogP contribution in [0, 0.1) is 5.82 Å². The van der Waals surface area contributed by atoms with Gasteiger partial charge in [-0.25, -0.2) is 4.39 Å². The molecule has 0 aliphatic carbocycles. The minimum absolute atomic E-state index is 0.0282. The molecule has 5 heteroatoms. The summed E-state index contributed by atoms with van der Waals surface area (Å²) in [6.07, 6.45) is 4.09. The molecule has 112 valence electrons. The second-order valence-corrected chi connectivity index (χ2v) is 4.58. The first-order chi connectivity index (χ1) is 9.38. The first kappa shape index (κ1) is 18.4. The Morgan fingerprint density at radius 3 is 2.65 bits per heavy atom. The number of esters is 1. The Morgan fingerprint density at radius 2 is 2.20 bits per heavy atom. The van der Waals surface area contributed by atoms with E-state index in [9.17, 15) is 9.18 Å². The quantitative estimate of drug-likeness (QED) is 0.644. The van der Waals surface area contributed by atoms with E-state index in [1.807, 2.05) is 13.0 Å². The Balaban J connectivity index is 0.000000367. The predicted molar refractivity (Wildman–Crippen MR) is 78.4 cm³/mol. The highest BCUT2D eigenvalue weighted by Gasteiger charge is 2.05. The third kappa shape index (κ3) is 9.39. The van der Waals surface area contributed by atoms with Gasteiger partial charge in [-0.15, -0.1) is 6.58 Å². The monoisotopic (exact) mass is 302 g/mol. The summed E-state index contributed by atoms with van der Waals surface area (Å²) in [5.41, 5.74) is 0. The van der Waals surface area contributed by atoms with Crippen LogP contribution in [0.5, 0.6) is 5.75 Å². The standard InChI is InChI=1S/C9H16O2.C6H4ClFO/c1-4-6-7-8(3)11-9(10)5-2;7-4-1-5(8)3-6(9)2-4/h4,8H,1,5-7H2,2-3H3;1-3,9H. The van der Waals surface area contributed by atoms with Crippen LogP contribution in [0.3, 0.4) is 0 Å². The molecule has 1 rings (SSSR count). The molecular formula is C15H20ClFO3. The number of halogens is 2. The lowest BCUT2D eigenvalue weighted by molar-refractivity contribution is -0.148. The predicted octanol–water partition coefficient (Wildman–Crippen LogP) is 4.48. The molecule has 0 saturated carbocycles. The molecule has 3 nitrogen and oxygen atoms in total. The number of carbonyl (C=O) groups is 1. The van der Waals surface area contributed by atoms with Gasteiger partial charge in [0, 0.05) is 17.5 Å². The van der Waals surface area contributed by atoms with Crippen molar-refractivity contribution in [3.05, 3.63) is 41.7 Å². The van der Waals surface area contributed by atoms with E-state index in [1.54, 1.807) is 6.92 Å². The average Bonchev–Trinajstić information content (AvgIpc) is 2.35. The van der Waals surface area contributed by atoms with E-state index in [4.69, 9.17) is 21.4 Å². The van der Waals surface area contributed by atoms with Crippen LogP contribution in [0.4, 0.5) is 4.39 Å². The highest BCUT2D eigenvalue weighted by molar-refractivity contribution is 6.30. The maximum Gasteiger partial charge on any atom is 0.305 e. The van der Waals surface area contributed by atoms with Crippen molar-refractivity contribution in [2.45, 2.75) is 39.2 Å². The summed E-state index contributed by atoms with van der Waals surface area (Å²) in [4.78, 5) is 10.7. The first-order valence-electron chi connectivity index (χ1n) is 6.34. The number of rotatable bonds is 5. The van der Waals surface area contributed by atoms with E-state index < -0.39 is 5.82 Å². The molecule has 1 atom stereocenters. The zero-order chi connectivity index (χ0) is 15.5. The largest absolute Gasteiger partial charge is 0.508 e. The summed E-state index contributed by atoms with van der Waals surface area (Å²) in [6, 6.07) is 3.39. The molecule has 0 aliphatic heterocycles. The van der Waals surface area contributed by atoms with Crippen molar-refractivity contribution in [1.29, 1.82) is 0 Å². The van der Waals surface area contributed by atoms with Crippen LogP contribution in [0.25, 0.3) is 0 Å². The van der Waals surface area contributed by atoms with Crippen LogP contribution in [0.1, 0.15) is 33.1 Å². The Bertz CT molecular complexity index is 385. The fourth-order valence-electron chi connectivity index (χ4n) is 1.26. The molecule has 0 radical (unpaired) electrons. The summed E-state index contributed by atoms with van der Waals surface area (Å²) >= 11 is 5.35. The van der Waals surface area contributed by atoms with Gasteiger partial charge >= 0.3 is 5.97 Å². The summed E-state index contributed by atoms with van der Waals surface area (Å²) in [6.45, 7) is 7.29. The molecule has 1 unspecified atom stereocenters. The maximum atomic E-state index is 12.2. The number of benzene rings is 1. The van der Waals surface area contributed by atoms with E-state index >= 15 is 0 Å². The third-order valence-electron chi connectivity index (χ3n) is 2.25. The summed E-state index contributed by atoms with van der Waals surface area (Å²) in [5, 5.41) is 8.87. The SMILES string of the molecule is C=CCCC(C)OC(=O)CC.Oc1cc(F)cc(Cl)c1. The second-order valence-electron chi connectivity index (χ2n) is 4.15. The molecule has 0 bridgehead atoms. The van der Waals surface area contributed by atoms with Gasteiger partial charge in [0.05, 0.1) is 6.10 Å². The first-order valence-corrected chi connectivity index (χ1v) is 6.72. The van der Waals surface area contributed by atoms with Gasteiger partial charge in [-0.2, -0.15) is 0 Å². The fraction of sp³-hybridized carbons (Fsp3) is 0.400. The molecule has 1 aromatic rings. The molecule has 0 amide bonds. The highest BCUT2D eigenvalue weighted by Crippen LogP contribution is 2.17. The molecule has 20 heavy (non-hydrogen) atoms. The minimum Gasteiger partial charge on any atom is -0.508 e. The topological polar surface area (TPSA) is 46.5 Å². The number of phenolic OH excluding ortho intramolecular Hbond substituents is 1. The van der Waals surface area contributed by atoms with Gasteiger partial charge < -0.3 is 9.84 Å². The molecule has 0 aliphatic rings. The van der Waals surface area contributed by atoms with Crippen molar-refractivity contribution in [3.8, 4) is 5.75 Å². The highest BCUT2D eigenvalue weighted by atomic mass is 35.5. The number of phenols is 1. The van der Waals surface area contributed by atoms with Crippen LogP contribution in [0.2, 0.25) is 5.02 Å². The van der Waals surface area contributed by atoms with Gasteiger partial charge in [-0.05, 0) is 31.9 Å². The Labute approximate surface area is 124 Å². The number of hydrogen-bond acceptors (Lipinski definition) is 3. The van der Waals surface area contributed by atoms with Gasteiger partial charge in [0.15, 0.2) is 0 Å². The number of ether oxygens (including phenoxy) is 1. The summed E-state index contributed by atoms with van der Waals surface area (Å²) < 4.78 is 17.2. The van der Waals surface area contributed by atoms with Crippen LogP contribution < -0.4 is 0 Å². The van der Waals surface area contributed by atoms with E-state index in [0.29, 0.717) is 6.42 Å². The average molecular weight is 303 g/mol. The molecule has 0 heterocycles. The molecule has 0 spiro atoms. The Kier molecular flexibility index (Phi) is 9.47.